The van der Waals surface area contributed by atoms with Gasteiger partial charge in [0.15, 0.2) is 5.65 Å². The average Bonchev–Trinajstić information content (AvgIpc) is 2.50. The quantitative estimate of drug-likeness (QED) is 0.695. The minimum atomic E-state index is -0.454. The van der Waals surface area contributed by atoms with Gasteiger partial charge in [-0.1, -0.05) is 41.5 Å². The van der Waals surface area contributed by atoms with Crippen molar-refractivity contribution in [2.45, 2.75) is 0 Å². The zero-order valence-corrected chi connectivity index (χ0v) is 13.4. The lowest BCUT2D eigenvalue weighted by atomic mass is 10.2. The van der Waals surface area contributed by atoms with Gasteiger partial charge in [-0.2, -0.15) is 0 Å². The number of amides is 1. The fourth-order valence-corrected chi connectivity index (χ4v) is 2.82. The second-order valence-corrected chi connectivity index (χ2v) is 5.69. The molecule has 22 heavy (non-hydrogen) atoms. The summed E-state index contributed by atoms with van der Waals surface area (Å²) in [6.45, 7) is 0. The second kappa shape index (κ2) is 6.04. The molecule has 4 nitrogen and oxygen atoms in total. The van der Waals surface area contributed by atoms with E-state index in [0.29, 0.717) is 10.3 Å². The first-order valence-corrected chi connectivity index (χ1v) is 7.46. The lowest BCUT2D eigenvalue weighted by Crippen LogP contribution is -2.25. The third-order valence-corrected chi connectivity index (χ3v) is 4.01. The van der Waals surface area contributed by atoms with Crippen LogP contribution in [0, 0.1) is 4.64 Å². The van der Waals surface area contributed by atoms with E-state index in [9.17, 15) is 4.79 Å². The molecule has 0 atom stereocenters. The van der Waals surface area contributed by atoms with Crippen molar-refractivity contribution in [3.05, 3.63) is 68.9 Å². The molecular weight excluding hydrogens is 341 g/mol. The molecule has 2 heterocycles. The van der Waals surface area contributed by atoms with E-state index in [1.165, 1.54) is 4.68 Å². The van der Waals surface area contributed by atoms with Gasteiger partial charge in [-0.05, 0) is 36.4 Å². The van der Waals surface area contributed by atoms with E-state index in [1.54, 1.807) is 30.5 Å². The molecule has 3 rings (SSSR count). The number of pyridine rings is 2. The van der Waals surface area contributed by atoms with Crippen LogP contribution >= 0.6 is 35.4 Å². The third-order valence-electron chi connectivity index (χ3n) is 3.06. The van der Waals surface area contributed by atoms with E-state index >= 15 is 0 Å². The van der Waals surface area contributed by atoms with Crippen molar-refractivity contribution in [2.75, 3.05) is 5.43 Å². The summed E-state index contributed by atoms with van der Waals surface area (Å²) in [5.74, 6) is -0.454. The van der Waals surface area contributed by atoms with Crippen molar-refractivity contribution in [1.82, 2.24) is 9.66 Å². The van der Waals surface area contributed by atoms with Crippen LogP contribution in [0.15, 0.2) is 48.7 Å². The maximum absolute atomic E-state index is 12.5. The van der Waals surface area contributed by atoms with Gasteiger partial charge in [0.2, 0.25) is 0 Å². The first-order valence-electron chi connectivity index (χ1n) is 6.30. The van der Waals surface area contributed by atoms with Gasteiger partial charge in [0.1, 0.15) is 4.64 Å². The van der Waals surface area contributed by atoms with Crippen molar-refractivity contribution in [3.8, 4) is 0 Å². The molecule has 0 unspecified atom stereocenters. The van der Waals surface area contributed by atoms with Crippen LogP contribution in [0.5, 0.6) is 0 Å². The molecule has 2 aromatic heterocycles. The number of carbonyl (C=O) groups excluding carboxylic acids is 1. The summed E-state index contributed by atoms with van der Waals surface area (Å²) in [6, 6.07) is 12.1. The van der Waals surface area contributed by atoms with Crippen molar-refractivity contribution >= 4 is 52.4 Å². The largest absolute Gasteiger partial charge is 0.273 e. The number of rotatable bonds is 2. The van der Waals surface area contributed by atoms with Gasteiger partial charge in [0, 0.05) is 11.6 Å². The Hall–Kier alpha value is -1.95. The molecule has 0 aliphatic heterocycles. The Labute approximate surface area is 141 Å². The van der Waals surface area contributed by atoms with Crippen molar-refractivity contribution in [3.63, 3.8) is 0 Å². The van der Waals surface area contributed by atoms with E-state index in [2.05, 4.69) is 10.4 Å². The molecule has 110 valence electrons. The summed E-state index contributed by atoms with van der Waals surface area (Å²) in [5.41, 5.74) is 3.44. The van der Waals surface area contributed by atoms with Crippen LogP contribution in [-0.4, -0.2) is 15.6 Å². The highest BCUT2D eigenvalue weighted by Crippen LogP contribution is 2.24. The Bertz CT molecular complexity index is 919. The molecule has 1 aromatic carbocycles. The molecule has 0 saturated carbocycles. The zero-order chi connectivity index (χ0) is 15.7. The molecular formula is C15H9Cl2N3OS. The van der Waals surface area contributed by atoms with Gasteiger partial charge < -0.3 is 0 Å². The number of fused-ring (bicyclic) bond motifs is 1. The summed E-state index contributed by atoms with van der Waals surface area (Å²) < 4.78 is 1.86. The van der Waals surface area contributed by atoms with Gasteiger partial charge in [0.25, 0.3) is 5.91 Å². The number of hydrogen-bond donors (Lipinski definition) is 1. The molecule has 3 aromatic rings. The second-order valence-electron chi connectivity index (χ2n) is 4.46. The number of carbonyl (C=O) groups is 1. The molecule has 0 bridgehead atoms. The van der Waals surface area contributed by atoms with Gasteiger partial charge in [-0.3, -0.25) is 10.2 Å². The summed E-state index contributed by atoms with van der Waals surface area (Å²) in [5, 5.41) is 1.39. The molecule has 0 saturated heterocycles. The highest BCUT2D eigenvalue weighted by atomic mass is 35.5. The van der Waals surface area contributed by atoms with E-state index in [1.807, 2.05) is 18.2 Å². The minimum Gasteiger partial charge on any atom is -0.267 e. The molecule has 0 fully saturated rings. The number of nitrogens with one attached hydrogen (secondary N) is 1. The topological polar surface area (TPSA) is 46.9 Å². The number of halogens is 2. The summed E-state index contributed by atoms with van der Waals surface area (Å²) in [7, 11) is 0. The zero-order valence-electron chi connectivity index (χ0n) is 11.1. The highest BCUT2D eigenvalue weighted by molar-refractivity contribution is 7.71. The monoisotopic (exact) mass is 349 g/mol. The van der Waals surface area contributed by atoms with E-state index in [-0.39, 0.29) is 15.6 Å². The van der Waals surface area contributed by atoms with E-state index in [4.69, 9.17) is 35.4 Å². The molecule has 0 aliphatic rings. The fraction of sp³-hybridized carbons (Fsp3) is 0. The Morgan fingerprint density at radius 3 is 2.55 bits per heavy atom. The number of hydrogen-bond acceptors (Lipinski definition) is 3. The van der Waals surface area contributed by atoms with Gasteiger partial charge >= 0.3 is 0 Å². The lowest BCUT2D eigenvalue weighted by Gasteiger charge is -2.13. The van der Waals surface area contributed by atoms with Crippen LogP contribution in [0.2, 0.25) is 10.0 Å². The first kappa shape index (κ1) is 15.0. The van der Waals surface area contributed by atoms with Crippen LogP contribution in [-0.2, 0) is 0 Å². The standard InChI is InChI=1S/C15H9Cl2N3OS/c16-10-4-1-5-11(17)13(10)15(21)19-20-12(22)7-6-9-3-2-8-18-14(9)20/h1-8H,(H,19,21). The van der Waals surface area contributed by atoms with Crippen LogP contribution in [0.3, 0.4) is 0 Å². The van der Waals surface area contributed by atoms with Gasteiger partial charge in [0.05, 0.1) is 15.6 Å². The third kappa shape index (κ3) is 2.70. The van der Waals surface area contributed by atoms with Crippen LogP contribution in [0.4, 0.5) is 0 Å². The number of benzene rings is 1. The van der Waals surface area contributed by atoms with Crippen molar-refractivity contribution < 1.29 is 4.79 Å². The predicted octanol–water partition coefficient (Wildman–Crippen LogP) is 4.46. The maximum Gasteiger partial charge on any atom is 0.273 e. The fourth-order valence-electron chi connectivity index (χ4n) is 2.05. The normalized spacial score (nSPS) is 10.6. The maximum atomic E-state index is 12.5. The van der Waals surface area contributed by atoms with Gasteiger partial charge in [-0.15, -0.1) is 0 Å². The lowest BCUT2D eigenvalue weighted by molar-refractivity contribution is 0.101. The Balaban J connectivity index is 2.09. The molecule has 0 radical (unpaired) electrons. The molecule has 7 heteroatoms. The Morgan fingerprint density at radius 1 is 1.09 bits per heavy atom. The molecule has 0 aliphatic carbocycles. The SMILES string of the molecule is O=C(Nn1c(=S)ccc2cccnc21)c1c(Cl)cccc1Cl. The molecule has 1 amide bonds. The molecule has 1 N–H and O–H groups in total. The Kier molecular flexibility index (Phi) is 4.11. The van der Waals surface area contributed by atoms with Gasteiger partial charge in [-0.25, -0.2) is 9.66 Å². The van der Waals surface area contributed by atoms with Crippen LogP contribution in [0.1, 0.15) is 10.4 Å². The summed E-state index contributed by atoms with van der Waals surface area (Å²) in [6.07, 6.45) is 1.63. The van der Waals surface area contributed by atoms with Crippen LogP contribution < -0.4 is 5.43 Å². The number of nitrogens with zero attached hydrogens (tertiary/aromatic N) is 2. The van der Waals surface area contributed by atoms with Crippen molar-refractivity contribution in [2.24, 2.45) is 0 Å². The van der Waals surface area contributed by atoms with E-state index < -0.39 is 5.91 Å². The average molecular weight is 350 g/mol. The van der Waals surface area contributed by atoms with E-state index in [0.717, 1.165) is 5.39 Å². The Morgan fingerprint density at radius 2 is 1.82 bits per heavy atom. The minimum absolute atomic E-state index is 0.195. The van der Waals surface area contributed by atoms with Crippen molar-refractivity contribution in [1.29, 1.82) is 0 Å². The van der Waals surface area contributed by atoms with Crippen LogP contribution in [0.25, 0.3) is 11.0 Å². The number of aromatic nitrogens is 2. The summed E-state index contributed by atoms with van der Waals surface area (Å²) in [4.78, 5) is 16.7. The highest BCUT2D eigenvalue weighted by Gasteiger charge is 2.15. The smallest absolute Gasteiger partial charge is 0.267 e. The first-order chi connectivity index (χ1) is 10.6. The summed E-state index contributed by atoms with van der Waals surface area (Å²) >= 11 is 17.4. The molecule has 0 spiro atoms. The predicted molar refractivity (Wildman–Crippen MR) is 90.7 cm³/mol.